The number of nitrogens with one attached hydrogen (secondary N) is 1. The van der Waals surface area contributed by atoms with E-state index < -0.39 is 23.8 Å². The Morgan fingerprint density at radius 2 is 1.92 bits per heavy atom. The molecule has 1 heterocycles. The molecular weight excluding hydrogens is 341 g/mol. The molecule has 1 atom stereocenters. The van der Waals surface area contributed by atoms with Gasteiger partial charge in [-0.15, -0.1) is 11.3 Å². The van der Waals surface area contributed by atoms with E-state index in [4.69, 9.17) is 4.74 Å². The van der Waals surface area contributed by atoms with Crippen LogP contribution in [0, 0.1) is 12.7 Å². The number of carbonyl (C=O) groups is 2. The van der Waals surface area contributed by atoms with Gasteiger partial charge in [-0.25, -0.2) is 9.18 Å². The number of halogens is 1. The van der Waals surface area contributed by atoms with Gasteiger partial charge in [0.05, 0.1) is 0 Å². The average molecular weight is 357 g/mol. The van der Waals surface area contributed by atoms with Crippen molar-refractivity contribution in [2.24, 2.45) is 0 Å². The predicted molar refractivity (Wildman–Crippen MR) is 96.5 cm³/mol. The molecule has 25 heavy (non-hydrogen) atoms. The summed E-state index contributed by atoms with van der Waals surface area (Å²) in [5.74, 6) is -1.46. The molecule has 2 aromatic carbocycles. The maximum absolute atomic E-state index is 13.7. The molecule has 4 nitrogen and oxygen atoms in total. The fraction of sp³-hybridized carbons (Fsp3) is 0.158. The van der Waals surface area contributed by atoms with Crippen molar-refractivity contribution in [3.63, 3.8) is 0 Å². The molecular formula is C19H16FNO3S. The number of ether oxygens (including phenoxy) is 1. The fourth-order valence-electron chi connectivity index (χ4n) is 2.36. The van der Waals surface area contributed by atoms with Crippen LogP contribution in [0.4, 0.5) is 10.1 Å². The molecule has 0 bridgehead atoms. The molecule has 0 radical (unpaired) electrons. The number of thiophene rings is 1. The minimum atomic E-state index is -0.969. The third kappa shape index (κ3) is 3.85. The van der Waals surface area contributed by atoms with E-state index in [0.717, 1.165) is 16.9 Å². The van der Waals surface area contributed by atoms with Crippen molar-refractivity contribution >= 4 is 39.0 Å². The number of hydrogen-bond donors (Lipinski definition) is 1. The molecule has 0 saturated heterocycles. The number of hydrogen-bond acceptors (Lipinski definition) is 4. The first-order chi connectivity index (χ1) is 11.9. The summed E-state index contributed by atoms with van der Waals surface area (Å²) in [4.78, 5) is 24.7. The molecule has 0 aliphatic heterocycles. The second-order valence-electron chi connectivity index (χ2n) is 5.67. The lowest BCUT2D eigenvalue weighted by molar-refractivity contribution is -0.123. The molecule has 3 rings (SSSR count). The van der Waals surface area contributed by atoms with E-state index in [1.807, 2.05) is 25.1 Å². The van der Waals surface area contributed by atoms with Crippen LogP contribution in [0.2, 0.25) is 0 Å². The van der Waals surface area contributed by atoms with Gasteiger partial charge >= 0.3 is 5.97 Å². The molecule has 0 saturated carbocycles. The smallest absolute Gasteiger partial charge is 0.349 e. The zero-order chi connectivity index (χ0) is 18.0. The third-order valence-electron chi connectivity index (χ3n) is 3.65. The van der Waals surface area contributed by atoms with Crippen LogP contribution in [0.1, 0.15) is 22.2 Å². The Bertz CT molecular complexity index is 951. The molecule has 0 spiro atoms. The summed E-state index contributed by atoms with van der Waals surface area (Å²) in [6.45, 7) is 3.41. The van der Waals surface area contributed by atoms with Crippen LogP contribution in [0.25, 0.3) is 10.1 Å². The highest BCUT2D eigenvalue weighted by molar-refractivity contribution is 7.20. The molecule has 1 amide bonds. The summed E-state index contributed by atoms with van der Waals surface area (Å²) in [5.41, 5.74) is 1.64. The summed E-state index contributed by atoms with van der Waals surface area (Å²) in [7, 11) is 0. The Morgan fingerprint density at radius 1 is 1.16 bits per heavy atom. The number of benzene rings is 2. The Hall–Kier alpha value is -2.73. The van der Waals surface area contributed by atoms with Crippen LogP contribution in [-0.4, -0.2) is 18.0 Å². The summed E-state index contributed by atoms with van der Waals surface area (Å²) in [6.07, 6.45) is -0.969. The van der Waals surface area contributed by atoms with Crippen LogP contribution in [-0.2, 0) is 9.53 Å². The van der Waals surface area contributed by atoms with Gasteiger partial charge < -0.3 is 10.1 Å². The Morgan fingerprint density at radius 3 is 2.64 bits per heavy atom. The van der Waals surface area contributed by atoms with E-state index in [2.05, 4.69) is 5.32 Å². The lowest BCUT2D eigenvalue weighted by atomic mass is 10.2. The summed E-state index contributed by atoms with van der Waals surface area (Å²) < 4.78 is 19.6. The second-order valence-corrected chi connectivity index (χ2v) is 6.75. The number of rotatable bonds is 4. The summed E-state index contributed by atoms with van der Waals surface area (Å²) in [5, 5.41) is 3.07. The van der Waals surface area contributed by atoms with Crippen LogP contribution >= 0.6 is 11.3 Å². The van der Waals surface area contributed by atoms with E-state index in [-0.39, 0.29) is 4.88 Å². The number of carbonyl (C=O) groups excluding carboxylic acids is 2. The zero-order valence-corrected chi connectivity index (χ0v) is 14.5. The van der Waals surface area contributed by atoms with Gasteiger partial charge in [0.25, 0.3) is 5.91 Å². The first-order valence-electron chi connectivity index (χ1n) is 7.70. The normalized spacial score (nSPS) is 12.0. The quantitative estimate of drug-likeness (QED) is 0.698. The summed E-state index contributed by atoms with van der Waals surface area (Å²) >= 11 is 1.13. The number of esters is 1. The Labute approximate surface area is 148 Å². The standard InChI is InChI=1S/C19H16FNO3S/c1-11-5-3-6-13(9-11)21-18(22)12(2)24-19(23)17-10-14-15(20)7-4-8-16(14)25-17/h3-10,12H,1-2H3,(H,21,22)/t12-/m0/s1. The first kappa shape index (κ1) is 17.1. The lowest BCUT2D eigenvalue weighted by Crippen LogP contribution is -2.29. The molecule has 6 heteroatoms. The number of anilines is 1. The third-order valence-corrected chi connectivity index (χ3v) is 4.73. The molecule has 0 unspecified atom stereocenters. The van der Waals surface area contributed by atoms with Crippen molar-refractivity contribution in [2.45, 2.75) is 20.0 Å². The molecule has 1 aromatic heterocycles. The van der Waals surface area contributed by atoms with Gasteiger partial charge in [0.15, 0.2) is 6.10 Å². The average Bonchev–Trinajstić information content (AvgIpc) is 3.00. The van der Waals surface area contributed by atoms with Gasteiger partial charge in [0, 0.05) is 15.8 Å². The molecule has 1 N–H and O–H groups in total. The molecule has 0 aliphatic carbocycles. The molecule has 128 valence electrons. The van der Waals surface area contributed by atoms with Crippen molar-refractivity contribution in [3.05, 3.63) is 64.8 Å². The van der Waals surface area contributed by atoms with Gasteiger partial charge in [0.1, 0.15) is 10.7 Å². The van der Waals surface area contributed by atoms with Crippen LogP contribution in [0.3, 0.4) is 0 Å². The van der Waals surface area contributed by atoms with Crippen LogP contribution in [0.5, 0.6) is 0 Å². The largest absolute Gasteiger partial charge is 0.448 e. The lowest BCUT2D eigenvalue weighted by Gasteiger charge is -2.13. The predicted octanol–water partition coefficient (Wildman–Crippen LogP) is 4.53. The van der Waals surface area contributed by atoms with Crippen molar-refractivity contribution in [1.82, 2.24) is 0 Å². The first-order valence-corrected chi connectivity index (χ1v) is 8.52. The second kappa shape index (κ2) is 7.03. The zero-order valence-electron chi connectivity index (χ0n) is 13.7. The van der Waals surface area contributed by atoms with E-state index in [1.54, 1.807) is 18.2 Å². The van der Waals surface area contributed by atoms with Crippen LogP contribution in [0.15, 0.2) is 48.5 Å². The van der Waals surface area contributed by atoms with E-state index in [9.17, 15) is 14.0 Å². The van der Waals surface area contributed by atoms with Crippen molar-refractivity contribution in [3.8, 4) is 0 Å². The van der Waals surface area contributed by atoms with Crippen molar-refractivity contribution < 1.29 is 18.7 Å². The van der Waals surface area contributed by atoms with E-state index >= 15 is 0 Å². The Kier molecular flexibility index (Phi) is 4.81. The van der Waals surface area contributed by atoms with Gasteiger partial charge in [-0.1, -0.05) is 18.2 Å². The highest BCUT2D eigenvalue weighted by Crippen LogP contribution is 2.28. The molecule has 0 aliphatic rings. The number of fused-ring (bicyclic) bond motifs is 1. The van der Waals surface area contributed by atoms with Crippen LogP contribution < -0.4 is 5.32 Å². The topological polar surface area (TPSA) is 55.4 Å². The monoisotopic (exact) mass is 357 g/mol. The fourth-order valence-corrected chi connectivity index (χ4v) is 3.32. The van der Waals surface area contributed by atoms with Gasteiger partial charge in [0.2, 0.25) is 0 Å². The highest BCUT2D eigenvalue weighted by Gasteiger charge is 2.21. The highest BCUT2D eigenvalue weighted by atomic mass is 32.1. The SMILES string of the molecule is Cc1cccc(NC(=O)[C@H](C)OC(=O)c2cc3c(F)cccc3s2)c1. The van der Waals surface area contributed by atoms with Gasteiger partial charge in [-0.3, -0.25) is 4.79 Å². The number of aryl methyl sites for hydroxylation is 1. The maximum atomic E-state index is 13.7. The Balaban J connectivity index is 1.68. The number of amides is 1. The van der Waals surface area contributed by atoms with Gasteiger partial charge in [-0.05, 0) is 49.7 Å². The minimum Gasteiger partial charge on any atom is -0.448 e. The summed E-state index contributed by atoms with van der Waals surface area (Å²) in [6, 6.07) is 13.4. The maximum Gasteiger partial charge on any atom is 0.349 e. The van der Waals surface area contributed by atoms with E-state index in [1.165, 1.54) is 19.1 Å². The minimum absolute atomic E-state index is 0.260. The molecule has 3 aromatic rings. The van der Waals surface area contributed by atoms with E-state index in [0.29, 0.717) is 15.8 Å². The molecule has 0 fully saturated rings. The van der Waals surface area contributed by atoms with Crippen molar-refractivity contribution in [2.75, 3.05) is 5.32 Å². The van der Waals surface area contributed by atoms with Crippen molar-refractivity contribution in [1.29, 1.82) is 0 Å². The van der Waals surface area contributed by atoms with Gasteiger partial charge in [-0.2, -0.15) is 0 Å².